The van der Waals surface area contributed by atoms with Gasteiger partial charge in [0.15, 0.2) is 11.5 Å². The number of hydrogen-bond donors (Lipinski definition) is 1. The van der Waals surface area contributed by atoms with Gasteiger partial charge < -0.3 is 19.5 Å². The topological polar surface area (TPSA) is 45.2 Å². The van der Waals surface area contributed by atoms with Gasteiger partial charge in [0.05, 0.1) is 7.11 Å². The van der Waals surface area contributed by atoms with Gasteiger partial charge in [-0.2, -0.15) is 0 Å². The maximum Gasteiger partial charge on any atom is 0.161 e. The second kappa shape index (κ2) is 8.59. The Bertz CT molecular complexity index is 585. The summed E-state index contributed by atoms with van der Waals surface area (Å²) in [6, 6.07) is 6.15. The van der Waals surface area contributed by atoms with Crippen LogP contribution in [0.15, 0.2) is 18.2 Å². The van der Waals surface area contributed by atoms with Gasteiger partial charge in [-0.25, -0.2) is 0 Å². The molecule has 0 saturated carbocycles. The summed E-state index contributed by atoms with van der Waals surface area (Å²) < 4.78 is 11.4. The molecule has 2 fully saturated rings. The van der Waals surface area contributed by atoms with Crippen LogP contribution < -0.4 is 9.47 Å². The molecule has 0 amide bonds. The summed E-state index contributed by atoms with van der Waals surface area (Å²) in [4.78, 5) is 4.83. The minimum Gasteiger partial charge on any atom is -0.493 e. The van der Waals surface area contributed by atoms with E-state index in [1.807, 2.05) is 6.07 Å². The first-order valence-electron chi connectivity index (χ1n) is 9.93. The fourth-order valence-electron chi connectivity index (χ4n) is 4.11. The lowest BCUT2D eigenvalue weighted by Gasteiger charge is -2.31. The van der Waals surface area contributed by atoms with Crippen LogP contribution in [-0.4, -0.2) is 66.4 Å². The van der Waals surface area contributed by atoms with Gasteiger partial charge in [0.2, 0.25) is 0 Å². The van der Waals surface area contributed by atoms with E-state index in [2.05, 4.69) is 35.8 Å². The summed E-state index contributed by atoms with van der Waals surface area (Å²) in [7, 11) is 1.67. The zero-order chi connectivity index (χ0) is 18.6. The highest BCUT2D eigenvalue weighted by molar-refractivity contribution is 5.43. The van der Waals surface area contributed by atoms with Gasteiger partial charge >= 0.3 is 0 Å². The zero-order valence-corrected chi connectivity index (χ0v) is 16.5. The maximum atomic E-state index is 10.2. The van der Waals surface area contributed by atoms with E-state index in [9.17, 15) is 5.11 Å². The molecule has 2 aliphatic heterocycles. The molecule has 1 aromatic carbocycles. The molecule has 2 saturated heterocycles. The first-order valence-corrected chi connectivity index (χ1v) is 9.93. The summed E-state index contributed by atoms with van der Waals surface area (Å²) in [6.07, 6.45) is 4.51. The summed E-state index contributed by atoms with van der Waals surface area (Å²) in [5.41, 5.74) is 1.50. The molecule has 5 nitrogen and oxygen atoms in total. The van der Waals surface area contributed by atoms with E-state index in [1.54, 1.807) is 7.11 Å². The van der Waals surface area contributed by atoms with Gasteiger partial charge in [-0.15, -0.1) is 0 Å². The zero-order valence-electron chi connectivity index (χ0n) is 16.5. The standard InChI is InChI=1S/C21H34N2O3/c1-21(2)9-6-12-23(21)14-17-7-8-19(20(13-17)25-3)26-16-18(24)15-22-10-4-5-11-22/h7-8,13,18,24H,4-6,9-12,14-16H2,1-3H3. The monoisotopic (exact) mass is 362 g/mol. The van der Waals surface area contributed by atoms with Crippen molar-refractivity contribution < 1.29 is 14.6 Å². The molecule has 1 N–H and O–H groups in total. The van der Waals surface area contributed by atoms with E-state index in [0.29, 0.717) is 18.9 Å². The van der Waals surface area contributed by atoms with E-state index in [-0.39, 0.29) is 5.54 Å². The van der Waals surface area contributed by atoms with Crippen LogP contribution in [0.1, 0.15) is 45.1 Å². The molecule has 2 aliphatic rings. The largest absolute Gasteiger partial charge is 0.493 e. The van der Waals surface area contributed by atoms with Crippen molar-refractivity contribution in [2.45, 2.75) is 57.7 Å². The van der Waals surface area contributed by atoms with Gasteiger partial charge in [-0.3, -0.25) is 4.90 Å². The molecule has 2 heterocycles. The van der Waals surface area contributed by atoms with Crippen molar-refractivity contribution in [3.8, 4) is 11.5 Å². The van der Waals surface area contributed by atoms with Gasteiger partial charge in [0.1, 0.15) is 12.7 Å². The predicted octanol–water partition coefficient (Wildman–Crippen LogP) is 2.91. The van der Waals surface area contributed by atoms with Crippen molar-refractivity contribution >= 4 is 0 Å². The van der Waals surface area contributed by atoms with Crippen LogP contribution in [0.4, 0.5) is 0 Å². The van der Waals surface area contributed by atoms with Crippen molar-refractivity contribution in [2.24, 2.45) is 0 Å². The molecular formula is C21H34N2O3. The molecule has 0 aliphatic carbocycles. The highest BCUT2D eigenvalue weighted by Crippen LogP contribution is 2.33. The number of rotatable bonds is 8. The molecule has 0 radical (unpaired) electrons. The lowest BCUT2D eigenvalue weighted by atomic mass is 10.0. The van der Waals surface area contributed by atoms with Gasteiger partial charge in [-0.1, -0.05) is 6.07 Å². The third kappa shape index (κ3) is 4.90. The van der Waals surface area contributed by atoms with E-state index in [0.717, 1.165) is 31.9 Å². The van der Waals surface area contributed by atoms with Gasteiger partial charge in [0.25, 0.3) is 0 Å². The molecular weight excluding hydrogens is 328 g/mol. The van der Waals surface area contributed by atoms with Crippen molar-refractivity contribution in [3.05, 3.63) is 23.8 Å². The fraction of sp³-hybridized carbons (Fsp3) is 0.714. The summed E-state index contributed by atoms with van der Waals surface area (Å²) in [6.45, 7) is 9.87. The van der Waals surface area contributed by atoms with Crippen LogP contribution in [0.3, 0.4) is 0 Å². The quantitative estimate of drug-likeness (QED) is 0.770. The van der Waals surface area contributed by atoms with Gasteiger partial charge in [-0.05, 0) is 76.9 Å². The Morgan fingerprint density at radius 2 is 1.88 bits per heavy atom. The third-order valence-electron chi connectivity index (χ3n) is 5.77. The predicted molar refractivity (Wildman–Crippen MR) is 104 cm³/mol. The summed E-state index contributed by atoms with van der Waals surface area (Å²) in [5.74, 6) is 1.45. The average molecular weight is 363 g/mol. The fourth-order valence-corrected chi connectivity index (χ4v) is 4.11. The number of ether oxygens (including phenoxy) is 2. The minimum atomic E-state index is -0.470. The Labute approximate surface area is 157 Å². The number of aliphatic hydroxyl groups excluding tert-OH is 1. The number of methoxy groups -OCH3 is 1. The highest BCUT2D eigenvalue weighted by atomic mass is 16.5. The number of β-amino-alcohol motifs (C(OH)–C–C–N with tert-alkyl or cyclic N) is 1. The third-order valence-corrected chi connectivity index (χ3v) is 5.77. The number of hydrogen-bond acceptors (Lipinski definition) is 5. The van der Waals surface area contributed by atoms with Gasteiger partial charge in [0, 0.05) is 18.6 Å². The van der Waals surface area contributed by atoms with E-state index >= 15 is 0 Å². The van der Waals surface area contributed by atoms with Crippen LogP contribution in [0.25, 0.3) is 0 Å². The van der Waals surface area contributed by atoms with Crippen molar-refractivity contribution in [1.82, 2.24) is 9.80 Å². The van der Waals surface area contributed by atoms with Crippen molar-refractivity contribution in [3.63, 3.8) is 0 Å². The number of nitrogens with zero attached hydrogens (tertiary/aromatic N) is 2. The SMILES string of the molecule is COc1cc(CN2CCCC2(C)C)ccc1OCC(O)CN1CCCC1. The second-order valence-electron chi connectivity index (χ2n) is 8.30. The maximum absolute atomic E-state index is 10.2. The Hall–Kier alpha value is -1.30. The lowest BCUT2D eigenvalue weighted by molar-refractivity contribution is 0.0746. The lowest BCUT2D eigenvalue weighted by Crippen LogP contribution is -2.37. The normalized spacial score (nSPS) is 21.8. The van der Waals surface area contributed by atoms with E-state index in [1.165, 1.54) is 31.2 Å². The molecule has 0 spiro atoms. The molecule has 1 unspecified atom stereocenters. The highest BCUT2D eigenvalue weighted by Gasteiger charge is 2.31. The Balaban J connectivity index is 1.56. The molecule has 0 aromatic heterocycles. The smallest absolute Gasteiger partial charge is 0.161 e. The number of likely N-dealkylation sites (tertiary alicyclic amines) is 2. The van der Waals surface area contributed by atoms with Crippen LogP contribution in [0.2, 0.25) is 0 Å². The minimum absolute atomic E-state index is 0.266. The average Bonchev–Trinajstić information content (AvgIpc) is 3.23. The molecule has 1 aromatic rings. The molecule has 0 bridgehead atoms. The van der Waals surface area contributed by atoms with Crippen LogP contribution in [0, 0.1) is 0 Å². The summed E-state index contributed by atoms with van der Waals surface area (Å²) >= 11 is 0. The summed E-state index contributed by atoms with van der Waals surface area (Å²) in [5, 5.41) is 10.2. The molecule has 3 rings (SSSR count). The van der Waals surface area contributed by atoms with E-state index < -0.39 is 6.10 Å². The number of benzene rings is 1. The first-order chi connectivity index (χ1) is 12.5. The Morgan fingerprint density at radius 3 is 2.54 bits per heavy atom. The Morgan fingerprint density at radius 1 is 1.12 bits per heavy atom. The van der Waals surface area contributed by atoms with Crippen LogP contribution in [-0.2, 0) is 6.54 Å². The van der Waals surface area contributed by atoms with Crippen molar-refractivity contribution in [2.75, 3.05) is 39.9 Å². The van der Waals surface area contributed by atoms with Crippen LogP contribution in [0.5, 0.6) is 11.5 Å². The van der Waals surface area contributed by atoms with E-state index in [4.69, 9.17) is 9.47 Å². The second-order valence-corrected chi connectivity index (χ2v) is 8.30. The van der Waals surface area contributed by atoms with Crippen LogP contribution >= 0.6 is 0 Å². The molecule has 1 atom stereocenters. The first kappa shape index (κ1) is 19.5. The van der Waals surface area contributed by atoms with Crippen molar-refractivity contribution in [1.29, 1.82) is 0 Å². The Kier molecular flexibility index (Phi) is 6.43. The molecule has 146 valence electrons. The molecule has 5 heteroatoms. The number of aliphatic hydroxyl groups is 1. The molecule has 26 heavy (non-hydrogen) atoms.